The van der Waals surface area contributed by atoms with Crippen molar-refractivity contribution >= 4 is 23.6 Å². The van der Waals surface area contributed by atoms with E-state index in [-0.39, 0.29) is 11.5 Å². The zero-order valence-corrected chi connectivity index (χ0v) is 13.1. The van der Waals surface area contributed by atoms with E-state index >= 15 is 0 Å². The molecule has 1 aromatic heterocycles. The number of carboxylic acid groups (broad SMARTS) is 1. The highest BCUT2D eigenvalue weighted by molar-refractivity contribution is 7.99. The van der Waals surface area contributed by atoms with E-state index < -0.39 is 5.97 Å². The maximum atomic E-state index is 11.4. The molecule has 0 atom stereocenters. The van der Waals surface area contributed by atoms with E-state index in [1.807, 2.05) is 6.92 Å². The number of carboxylic acids is 1. The first-order chi connectivity index (χ1) is 9.32. The molecule has 0 aromatic carbocycles. The van der Waals surface area contributed by atoms with Gasteiger partial charge in [-0.15, -0.1) is 11.8 Å². The van der Waals surface area contributed by atoms with Gasteiger partial charge >= 0.3 is 5.97 Å². The molecule has 0 fully saturated rings. The number of hydrogen-bond donors (Lipinski definition) is 1. The van der Waals surface area contributed by atoms with E-state index in [9.17, 15) is 14.7 Å². The molecule has 110 valence electrons. The first kappa shape index (κ1) is 16.5. The SMILES string of the molecule is Cc1cc(C)c(C(=O)O)c(SCCCC(=O)N(C)C)n1. The molecular formula is C14H20N2O3S. The molecule has 0 unspecified atom stereocenters. The summed E-state index contributed by atoms with van der Waals surface area (Å²) in [6, 6.07) is 1.77. The Morgan fingerprint density at radius 2 is 2.00 bits per heavy atom. The number of thioether (sulfide) groups is 1. The molecule has 0 bridgehead atoms. The molecule has 0 aliphatic heterocycles. The summed E-state index contributed by atoms with van der Waals surface area (Å²) in [6.07, 6.45) is 1.17. The van der Waals surface area contributed by atoms with Gasteiger partial charge in [0.05, 0.1) is 5.56 Å². The van der Waals surface area contributed by atoms with Crippen LogP contribution in [0.3, 0.4) is 0 Å². The third-order valence-corrected chi connectivity index (χ3v) is 3.86. The minimum absolute atomic E-state index is 0.0810. The molecule has 0 spiro atoms. The van der Waals surface area contributed by atoms with E-state index in [4.69, 9.17) is 0 Å². The number of hydrogen-bond acceptors (Lipinski definition) is 4. The Kier molecular flexibility index (Phi) is 6.01. The lowest BCUT2D eigenvalue weighted by Crippen LogP contribution is -2.21. The van der Waals surface area contributed by atoms with Gasteiger partial charge in [-0.2, -0.15) is 0 Å². The standard InChI is InChI=1S/C14H20N2O3S/c1-9-8-10(2)15-13(12(9)14(18)19)20-7-5-6-11(17)16(3)4/h8H,5-7H2,1-4H3,(H,18,19). The van der Waals surface area contributed by atoms with E-state index in [2.05, 4.69) is 4.98 Å². The summed E-state index contributed by atoms with van der Waals surface area (Å²) in [6.45, 7) is 3.62. The van der Waals surface area contributed by atoms with Gasteiger partial charge in [0.1, 0.15) is 5.03 Å². The molecule has 1 N–H and O–H groups in total. The van der Waals surface area contributed by atoms with Crippen LogP contribution in [-0.2, 0) is 4.79 Å². The van der Waals surface area contributed by atoms with Gasteiger partial charge in [0.2, 0.25) is 5.91 Å². The number of carbonyl (C=O) groups is 2. The van der Waals surface area contributed by atoms with Crippen molar-refractivity contribution in [2.75, 3.05) is 19.8 Å². The molecule has 1 heterocycles. The summed E-state index contributed by atoms with van der Waals surface area (Å²) in [5, 5.41) is 9.78. The minimum Gasteiger partial charge on any atom is -0.478 e. The number of aromatic carboxylic acids is 1. The predicted octanol–water partition coefficient (Wildman–Crippen LogP) is 2.36. The molecule has 0 saturated carbocycles. The fourth-order valence-electron chi connectivity index (χ4n) is 1.78. The first-order valence-electron chi connectivity index (χ1n) is 6.37. The van der Waals surface area contributed by atoms with Crippen molar-refractivity contribution in [3.05, 3.63) is 22.9 Å². The number of aryl methyl sites for hydroxylation is 2. The lowest BCUT2D eigenvalue weighted by molar-refractivity contribution is -0.128. The normalized spacial score (nSPS) is 10.4. The molecule has 6 heteroatoms. The summed E-state index contributed by atoms with van der Waals surface area (Å²) >= 11 is 1.39. The monoisotopic (exact) mass is 296 g/mol. The molecule has 20 heavy (non-hydrogen) atoms. The lowest BCUT2D eigenvalue weighted by atomic mass is 10.1. The Hall–Kier alpha value is -1.56. The average Bonchev–Trinajstić information content (AvgIpc) is 2.32. The Morgan fingerprint density at radius 3 is 2.55 bits per heavy atom. The fourth-order valence-corrected chi connectivity index (χ4v) is 2.87. The van der Waals surface area contributed by atoms with Gasteiger partial charge < -0.3 is 10.0 Å². The first-order valence-corrected chi connectivity index (χ1v) is 7.36. The third-order valence-electron chi connectivity index (χ3n) is 2.80. The number of nitrogens with zero attached hydrogens (tertiary/aromatic N) is 2. The van der Waals surface area contributed by atoms with Crippen LogP contribution in [0.25, 0.3) is 0 Å². The number of aromatic nitrogens is 1. The largest absolute Gasteiger partial charge is 0.478 e. The number of carbonyl (C=O) groups excluding carboxylic acids is 1. The van der Waals surface area contributed by atoms with Crippen LogP contribution in [0.1, 0.15) is 34.5 Å². The highest BCUT2D eigenvalue weighted by Gasteiger charge is 2.16. The van der Waals surface area contributed by atoms with Crippen molar-refractivity contribution in [2.45, 2.75) is 31.7 Å². The second-order valence-electron chi connectivity index (χ2n) is 4.81. The molecule has 1 aromatic rings. The summed E-state index contributed by atoms with van der Waals surface area (Å²) in [4.78, 5) is 28.6. The van der Waals surface area contributed by atoms with Gasteiger partial charge in [-0.3, -0.25) is 4.79 Å². The molecular weight excluding hydrogens is 276 g/mol. The van der Waals surface area contributed by atoms with Crippen LogP contribution in [0.5, 0.6) is 0 Å². The van der Waals surface area contributed by atoms with Crippen molar-refractivity contribution in [1.82, 2.24) is 9.88 Å². The van der Waals surface area contributed by atoms with Gasteiger partial charge in [0, 0.05) is 32.0 Å². The van der Waals surface area contributed by atoms with Gasteiger partial charge in [0.25, 0.3) is 0 Å². The van der Waals surface area contributed by atoms with E-state index in [0.717, 1.165) is 11.3 Å². The minimum atomic E-state index is -0.957. The molecule has 1 rings (SSSR count). The van der Waals surface area contributed by atoms with Crippen molar-refractivity contribution in [3.63, 3.8) is 0 Å². The van der Waals surface area contributed by atoms with Crippen molar-refractivity contribution < 1.29 is 14.7 Å². The number of rotatable bonds is 6. The fraction of sp³-hybridized carbons (Fsp3) is 0.500. The smallest absolute Gasteiger partial charge is 0.338 e. The molecule has 0 radical (unpaired) electrons. The third kappa shape index (κ3) is 4.52. The van der Waals surface area contributed by atoms with E-state index in [1.165, 1.54) is 11.8 Å². The summed E-state index contributed by atoms with van der Waals surface area (Å²) < 4.78 is 0. The van der Waals surface area contributed by atoms with Crippen LogP contribution < -0.4 is 0 Å². The van der Waals surface area contributed by atoms with Crippen LogP contribution in [0.2, 0.25) is 0 Å². The van der Waals surface area contributed by atoms with Crippen LogP contribution in [0.4, 0.5) is 0 Å². The van der Waals surface area contributed by atoms with E-state index in [0.29, 0.717) is 23.6 Å². The van der Waals surface area contributed by atoms with Crippen LogP contribution >= 0.6 is 11.8 Å². The second kappa shape index (κ2) is 7.28. The van der Waals surface area contributed by atoms with E-state index in [1.54, 1.807) is 32.0 Å². The van der Waals surface area contributed by atoms with Gasteiger partial charge in [-0.05, 0) is 31.9 Å². The van der Waals surface area contributed by atoms with Crippen LogP contribution in [0.15, 0.2) is 11.1 Å². The van der Waals surface area contributed by atoms with Crippen molar-refractivity contribution in [3.8, 4) is 0 Å². The maximum absolute atomic E-state index is 11.4. The molecule has 5 nitrogen and oxygen atoms in total. The Labute approximate surface area is 123 Å². The Balaban J connectivity index is 2.68. The molecule has 0 aliphatic carbocycles. The highest BCUT2D eigenvalue weighted by atomic mass is 32.2. The zero-order valence-electron chi connectivity index (χ0n) is 12.3. The van der Waals surface area contributed by atoms with Crippen LogP contribution in [0, 0.1) is 13.8 Å². The molecule has 0 aliphatic rings. The van der Waals surface area contributed by atoms with Crippen molar-refractivity contribution in [1.29, 1.82) is 0 Å². The van der Waals surface area contributed by atoms with Gasteiger partial charge in [-0.1, -0.05) is 0 Å². The molecule has 0 saturated heterocycles. The topological polar surface area (TPSA) is 70.5 Å². The van der Waals surface area contributed by atoms with Crippen molar-refractivity contribution in [2.24, 2.45) is 0 Å². The van der Waals surface area contributed by atoms with Gasteiger partial charge in [-0.25, -0.2) is 9.78 Å². The molecule has 1 amide bonds. The summed E-state index contributed by atoms with van der Waals surface area (Å²) in [5.74, 6) is -0.199. The Bertz CT molecular complexity index is 515. The highest BCUT2D eigenvalue weighted by Crippen LogP contribution is 2.25. The maximum Gasteiger partial charge on any atom is 0.338 e. The summed E-state index contributed by atoms with van der Waals surface area (Å²) in [5.41, 5.74) is 1.79. The zero-order chi connectivity index (χ0) is 15.3. The number of pyridine rings is 1. The lowest BCUT2D eigenvalue weighted by Gasteiger charge is -2.11. The number of amides is 1. The average molecular weight is 296 g/mol. The summed E-state index contributed by atoms with van der Waals surface area (Å²) in [7, 11) is 3.45. The predicted molar refractivity (Wildman–Crippen MR) is 79.3 cm³/mol. The van der Waals surface area contributed by atoms with Crippen LogP contribution in [-0.4, -0.2) is 46.7 Å². The Morgan fingerprint density at radius 1 is 1.35 bits per heavy atom. The quantitative estimate of drug-likeness (QED) is 0.644. The van der Waals surface area contributed by atoms with Gasteiger partial charge in [0.15, 0.2) is 0 Å². The second-order valence-corrected chi connectivity index (χ2v) is 5.89.